The topological polar surface area (TPSA) is 44.3 Å². The number of rotatable bonds is 2. The molecule has 1 unspecified atom stereocenters. The van der Waals surface area contributed by atoms with Gasteiger partial charge in [-0.25, -0.2) is 4.68 Å². The van der Waals surface area contributed by atoms with E-state index in [4.69, 9.17) is 22.9 Å². The van der Waals surface area contributed by atoms with Crippen molar-refractivity contribution in [2.75, 3.05) is 6.61 Å². The van der Waals surface area contributed by atoms with Crippen LogP contribution in [0.15, 0.2) is 24.5 Å². The summed E-state index contributed by atoms with van der Waals surface area (Å²) in [6.45, 7) is 7.70. The first-order chi connectivity index (χ1) is 9.78. The average Bonchev–Trinajstić information content (AvgIpc) is 2.97. The summed E-state index contributed by atoms with van der Waals surface area (Å²) in [5, 5.41) is 4.67. The molecule has 1 atom stereocenters. The maximum atomic E-state index is 6.92. The largest absolute Gasteiger partial charge is 0.361 e. The summed E-state index contributed by atoms with van der Waals surface area (Å²) in [5.41, 5.74) is 1.66. The van der Waals surface area contributed by atoms with Gasteiger partial charge in [0.05, 0.1) is 6.20 Å². The van der Waals surface area contributed by atoms with E-state index >= 15 is 0 Å². The molecule has 5 nitrogen and oxygen atoms in total. The van der Waals surface area contributed by atoms with Crippen LogP contribution in [0.1, 0.15) is 25.5 Å². The molecule has 0 amide bonds. The van der Waals surface area contributed by atoms with Crippen molar-refractivity contribution >= 4 is 17.4 Å². The van der Waals surface area contributed by atoms with Gasteiger partial charge in [-0.05, 0) is 36.9 Å². The van der Waals surface area contributed by atoms with Gasteiger partial charge in [-0.1, -0.05) is 12.6 Å². The van der Waals surface area contributed by atoms with Gasteiger partial charge >= 0.3 is 0 Å². The van der Waals surface area contributed by atoms with Crippen LogP contribution in [0.4, 0.5) is 5.82 Å². The fraction of sp³-hybridized carbons (Fsp3) is 0.357. The maximum Gasteiger partial charge on any atom is 0.271 e. The Hall–Kier alpha value is -1.90. The van der Waals surface area contributed by atoms with Crippen molar-refractivity contribution in [2.24, 2.45) is 0 Å². The number of halogens is 1. The van der Waals surface area contributed by atoms with Crippen LogP contribution >= 0.6 is 11.6 Å². The molecular formula is C14H13ClN4O. The molecule has 3 rings (SSSR count). The molecule has 20 heavy (non-hydrogen) atoms. The Morgan fingerprint density at radius 1 is 1.40 bits per heavy atom. The molecule has 0 N–H and O–H groups in total. The third-order valence-electron chi connectivity index (χ3n) is 3.31. The van der Waals surface area contributed by atoms with E-state index in [1.807, 2.05) is 10.9 Å². The number of hydrogen-bond acceptors (Lipinski definition) is 3. The maximum absolute atomic E-state index is 6.92. The first-order valence-corrected chi connectivity index (χ1v) is 6.86. The van der Waals surface area contributed by atoms with Gasteiger partial charge in [0.1, 0.15) is 6.23 Å². The summed E-state index contributed by atoms with van der Waals surface area (Å²) >= 11 is 6.11. The minimum absolute atomic E-state index is 0.00625. The van der Waals surface area contributed by atoms with E-state index in [1.54, 1.807) is 18.3 Å². The molecule has 2 aromatic rings. The zero-order chi connectivity index (χ0) is 13.9. The van der Waals surface area contributed by atoms with Gasteiger partial charge in [0.25, 0.3) is 5.82 Å². The Kier molecular flexibility index (Phi) is 3.68. The van der Waals surface area contributed by atoms with Crippen molar-refractivity contribution in [3.05, 3.63) is 41.1 Å². The Balaban J connectivity index is 1.88. The van der Waals surface area contributed by atoms with Crippen LogP contribution in [0, 0.1) is 6.57 Å². The summed E-state index contributed by atoms with van der Waals surface area (Å²) in [7, 11) is 0. The first-order valence-electron chi connectivity index (χ1n) is 6.48. The fourth-order valence-electron chi connectivity index (χ4n) is 2.27. The van der Waals surface area contributed by atoms with Crippen LogP contribution in [0.3, 0.4) is 0 Å². The Morgan fingerprint density at radius 3 is 3.00 bits per heavy atom. The number of nitrogens with zero attached hydrogens (tertiary/aromatic N) is 4. The van der Waals surface area contributed by atoms with Crippen LogP contribution in [0.5, 0.6) is 0 Å². The van der Waals surface area contributed by atoms with Gasteiger partial charge in [-0.3, -0.25) is 0 Å². The number of pyridine rings is 1. The molecule has 0 aromatic carbocycles. The first kappa shape index (κ1) is 13.1. The highest BCUT2D eigenvalue weighted by atomic mass is 35.5. The average molecular weight is 289 g/mol. The molecule has 2 aromatic heterocycles. The Bertz CT molecular complexity index is 655. The number of aromatic nitrogens is 3. The van der Waals surface area contributed by atoms with Gasteiger partial charge in [-0.2, -0.15) is 5.10 Å². The summed E-state index contributed by atoms with van der Waals surface area (Å²) in [6, 6.07) is 3.45. The molecule has 6 heteroatoms. The molecule has 0 saturated carbocycles. The van der Waals surface area contributed by atoms with E-state index in [9.17, 15) is 0 Å². The monoisotopic (exact) mass is 288 g/mol. The molecule has 1 aliphatic heterocycles. The molecule has 1 aliphatic rings. The number of hydrogen-bond donors (Lipinski definition) is 0. The van der Waals surface area contributed by atoms with Crippen LogP contribution in [0.2, 0.25) is 5.15 Å². The lowest BCUT2D eigenvalue weighted by Gasteiger charge is -2.22. The Labute approximate surface area is 122 Å². The predicted octanol–water partition coefficient (Wildman–Crippen LogP) is 3.85. The van der Waals surface area contributed by atoms with E-state index in [0.717, 1.165) is 37.0 Å². The van der Waals surface area contributed by atoms with Crippen molar-refractivity contribution in [3.63, 3.8) is 0 Å². The van der Waals surface area contributed by atoms with Gasteiger partial charge < -0.3 is 9.58 Å². The Morgan fingerprint density at radius 2 is 2.30 bits per heavy atom. The fourth-order valence-corrected chi connectivity index (χ4v) is 2.53. The van der Waals surface area contributed by atoms with E-state index in [2.05, 4.69) is 14.9 Å². The van der Waals surface area contributed by atoms with Crippen LogP contribution in [0.25, 0.3) is 16.0 Å². The minimum atomic E-state index is 0.00625. The molecule has 3 heterocycles. The normalized spacial score (nSPS) is 18.7. The molecule has 0 aliphatic carbocycles. The van der Waals surface area contributed by atoms with E-state index in [1.165, 1.54) is 0 Å². The van der Waals surface area contributed by atoms with Crippen molar-refractivity contribution in [1.82, 2.24) is 14.8 Å². The molecular weight excluding hydrogens is 276 g/mol. The standard InChI is InChI=1S/C14H13ClN4O/c1-16-12-6-5-11(14(15)18-12)10-8-17-19(9-10)13-4-2-3-7-20-13/h5-6,8-9,13H,2-4,7H2. The number of ether oxygens (including phenoxy) is 1. The third-order valence-corrected chi connectivity index (χ3v) is 3.60. The van der Waals surface area contributed by atoms with Gasteiger partial charge in [0, 0.05) is 23.9 Å². The van der Waals surface area contributed by atoms with Crippen molar-refractivity contribution < 1.29 is 4.74 Å². The lowest BCUT2D eigenvalue weighted by molar-refractivity contribution is -0.0394. The molecule has 1 fully saturated rings. The molecule has 102 valence electrons. The van der Waals surface area contributed by atoms with Gasteiger partial charge in [-0.15, -0.1) is 4.98 Å². The van der Waals surface area contributed by atoms with E-state index in [-0.39, 0.29) is 6.23 Å². The molecule has 0 radical (unpaired) electrons. The second-order valence-corrected chi connectivity index (χ2v) is 5.01. The molecule has 0 bridgehead atoms. The molecule has 0 spiro atoms. The van der Waals surface area contributed by atoms with E-state index < -0.39 is 0 Å². The highest BCUT2D eigenvalue weighted by molar-refractivity contribution is 6.32. The zero-order valence-electron chi connectivity index (χ0n) is 10.8. The zero-order valence-corrected chi connectivity index (χ0v) is 11.5. The highest BCUT2D eigenvalue weighted by Gasteiger charge is 2.18. The van der Waals surface area contributed by atoms with Gasteiger partial charge in [0.2, 0.25) is 5.15 Å². The lowest BCUT2D eigenvalue weighted by Crippen LogP contribution is -2.18. The van der Waals surface area contributed by atoms with Crippen LogP contribution in [-0.2, 0) is 4.74 Å². The summed E-state index contributed by atoms with van der Waals surface area (Å²) in [6.07, 6.45) is 6.91. The van der Waals surface area contributed by atoms with Crippen LogP contribution < -0.4 is 0 Å². The second-order valence-electron chi connectivity index (χ2n) is 4.65. The summed E-state index contributed by atoms with van der Waals surface area (Å²) in [5.74, 6) is 0.293. The van der Waals surface area contributed by atoms with Crippen molar-refractivity contribution in [1.29, 1.82) is 0 Å². The van der Waals surface area contributed by atoms with Gasteiger partial charge in [0.15, 0.2) is 0 Å². The second kappa shape index (κ2) is 5.61. The minimum Gasteiger partial charge on any atom is -0.361 e. The quantitative estimate of drug-likeness (QED) is 0.623. The molecule has 1 saturated heterocycles. The lowest BCUT2D eigenvalue weighted by atomic mass is 10.1. The SMILES string of the molecule is [C-]#[N+]c1ccc(-c2cnn(C3CCCCO3)c2)c(Cl)n1. The van der Waals surface area contributed by atoms with Crippen molar-refractivity contribution in [3.8, 4) is 11.1 Å². The predicted molar refractivity (Wildman–Crippen MR) is 75.6 cm³/mol. The van der Waals surface area contributed by atoms with E-state index in [0.29, 0.717) is 11.0 Å². The summed E-state index contributed by atoms with van der Waals surface area (Å²) < 4.78 is 7.52. The van der Waals surface area contributed by atoms with Crippen molar-refractivity contribution in [2.45, 2.75) is 25.5 Å². The smallest absolute Gasteiger partial charge is 0.271 e. The van der Waals surface area contributed by atoms with Crippen LogP contribution in [-0.4, -0.2) is 21.4 Å². The summed E-state index contributed by atoms with van der Waals surface area (Å²) in [4.78, 5) is 7.29. The third kappa shape index (κ3) is 2.53. The highest BCUT2D eigenvalue weighted by Crippen LogP contribution is 2.30.